The van der Waals surface area contributed by atoms with Gasteiger partial charge in [-0.2, -0.15) is 11.3 Å². The molecule has 2 heterocycles. The molecule has 2 aromatic rings. The van der Waals surface area contributed by atoms with E-state index in [2.05, 4.69) is 28.9 Å². The highest BCUT2D eigenvalue weighted by Crippen LogP contribution is 2.26. The molecule has 3 nitrogen and oxygen atoms in total. The fourth-order valence-electron chi connectivity index (χ4n) is 2.49. The van der Waals surface area contributed by atoms with Crippen LogP contribution in [-0.4, -0.2) is 23.9 Å². The molecule has 0 saturated carbocycles. The molecule has 1 fully saturated rings. The Morgan fingerprint density at radius 1 is 1.26 bits per heavy atom. The highest BCUT2D eigenvalue weighted by molar-refractivity contribution is 7.07. The van der Waals surface area contributed by atoms with Crippen LogP contribution in [0.4, 0.5) is 0 Å². The van der Waals surface area contributed by atoms with Crippen molar-refractivity contribution in [2.24, 2.45) is 0 Å². The Hall–Kier alpha value is -1.65. The van der Waals surface area contributed by atoms with Gasteiger partial charge in [-0.15, -0.1) is 0 Å². The van der Waals surface area contributed by atoms with Crippen LogP contribution in [0.1, 0.15) is 17.3 Å². The maximum atomic E-state index is 12.3. The number of nitrogens with one attached hydrogen (secondary N) is 1. The molecule has 0 bridgehead atoms. The zero-order valence-corrected chi connectivity index (χ0v) is 11.6. The lowest BCUT2D eigenvalue weighted by atomic mass is 10.1. The van der Waals surface area contributed by atoms with E-state index in [1.54, 1.807) is 16.2 Å². The Bertz CT molecular complexity index is 553. The summed E-state index contributed by atoms with van der Waals surface area (Å²) in [4.78, 5) is 14.1. The average molecular weight is 272 g/mol. The normalized spacial score (nSPS) is 23.0. The number of hydrogen-bond acceptors (Lipinski definition) is 3. The SMILES string of the molecule is CN1C(=O)C(Cc2ccccc2)NC1c1ccsc1. The van der Waals surface area contributed by atoms with Gasteiger partial charge in [0.1, 0.15) is 6.17 Å². The van der Waals surface area contributed by atoms with Gasteiger partial charge in [0.2, 0.25) is 5.91 Å². The van der Waals surface area contributed by atoms with Gasteiger partial charge in [0.15, 0.2) is 0 Å². The number of carbonyl (C=O) groups is 1. The van der Waals surface area contributed by atoms with E-state index < -0.39 is 0 Å². The molecule has 19 heavy (non-hydrogen) atoms. The largest absolute Gasteiger partial charge is 0.325 e. The lowest BCUT2D eigenvalue weighted by molar-refractivity contribution is -0.128. The number of nitrogens with zero attached hydrogens (tertiary/aromatic N) is 1. The van der Waals surface area contributed by atoms with Crippen LogP contribution in [0.2, 0.25) is 0 Å². The zero-order chi connectivity index (χ0) is 13.2. The van der Waals surface area contributed by atoms with E-state index in [-0.39, 0.29) is 18.1 Å². The van der Waals surface area contributed by atoms with Crippen molar-refractivity contribution in [2.45, 2.75) is 18.6 Å². The number of hydrogen-bond donors (Lipinski definition) is 1. The second kappa shape index (κ2) is 5.15. The molecule has 2 atom stereocenters. The molecule has 1 N–H and O–H groups in total. The molecule has 2 unspecified atom stereocenters. The molecule has 0 spiro atoms. The number of carbonyl (C=O) groups excluding carboxylic acids is 1. The number of likely N-dealkylation sites (N-methyl/N-ethyl adjacent to an activating group) is 1. The smallest absolute Gasteiger partial charge is 0.241 e. The summed E-state index contributed by atoms with van der Waals surface area (Å²) in [6, 6.07) is 12.1. The second-order valence-corrected chi connectivity index (χ2v) is 5.60. The standard InChI is InChI=1S/C15H16N2OS/c1-17-14(12-7-8-19-10-12)16-13(15(17)18)9-11-5-3-2-4-6-11/h2-8,10,13-14,16H,9H2,1H3. The van der Waals surface area contributed by atoms with Gasteiger partial charge in [0.25, 0.3) is 0 Å². The molecular formula is C15H16N2OS. The van der Waals surface area contributed by atoms with Crippen molar-refractivity contribution < 1.29 is 4.79 Å². The molecule has 4 heteroatoms. The maximum Gasteiger partial charge on any atom is 0.241 e. The third kappa shape index (κ3) is 2.41. The molecule has 98 valence electrons. The van der Waals surface area contributed by atoms with Crippen molar-refractivity contribution in [2.75, 3.05) is 7.05 Å². The van der Waals surface area contributed by atoms with Crippen molar-refractivity contribution in [3.05, 3.63) is 58.3 Å². The highest BCUT2D eigenvalue weighted by atomic mass is 32.1. The summed E-state index contributed by atoms with van der Waals surface area (Å²) in [6.45, 7) is 0. The molecule has 3 rings (SSSR count). The predicted molar refractivity (Wildman–Crippen MR) is 76.9 cm³/mol. The quantitative estimate of drug-likeness (QED) is 0.930. The summed E-state index contributed by atoms with van der Waals surface area (Å²) in [7, 11) is 1.86. The molecule has 1 aliphatic heterocycles. The van der Waals surface area contributed by atoms with Gasteiger partial charge >= 0.3 is 0 Å². The van der Waals surface area contributed by atoms with Gasteiger partial charge in [-0.3, -0.25) is 10.1 Å². The van der Waals surface area contributed by atoms with Gasteiger partial charge in [-0.05, 0) is 34.4 Å². The first-order valence-corrected chi connectivity index (χ1v) is 7.29. The van der Waals surface area contributed by atoms with Crippen LogP contribution in [0.5, 0.6) is 0 Å². The molecule has 0 radical (unpaired) electrons. The first-order valence-electron chi connectivity index (χ1n) is 6.34. The zero-order valence-electron chi connectivity index (χ0n) is 10.7. The van der Waals surface area contributed by atoms with E-state index >= 15 is 0 Å². The summed E-state index contributed by atoms with van der Waals surface area (Å²) in [6.07, 6.45) is 0.748. The van der Waals surface area contributed by atoms with Crippen molar-refractivity contribution >= 4 is 17.2 Å². The Morgan fingerprint density at radius 3 is 2.74 bits per heavy atom. The fourth-order valence-corrected chi connectivity index (χ4v) is 3.17. The number of thiophene rings is 1. The lowest BCUT2D eigenvalue weighted by Crippen LogP contribution is -2.31. The molecule has 1 saturated heterocycles. The van der Waals surface area contributed by atoms with E-state index in [4.69, 9.17) is 0 Å². The van der Waals surface area contributed by atoms with Crippen LogP contribution < -0.4 is 5.32 Å². The van der Waals surface area contributed by atoms with Crippen molar-refractivity contribution in [1.82, 2.24) is 10.2 Å². The third-order valence-corrected chi connectivity index (χ3v) is 4.24. The van der Waals surface area contributed by atoms with Gasteiger partial charge < -0.3 is 4.90 Å². The van der Waals surface area contributed by atoms with Gasteiger partial charge in [0.05, 0.1) is 6.04 Å². The van der Waals surface area contributed by atoms with Gasteiger partial charge in [0, 0.05) is 7.05 Å². The second-order valence-electron chi connectivity index (χ2n) is 4.82. The van der Waals surface area contributed by atoms with Crippen LogP contribution in [-0.2, 0) is 11.2 Å². The van der Waals surface area contributed by atoms with E-state index in [9.17, 15) is 4.79 Å². The molecule has 1 amide bonds. The topological polar surface area (TPSA) is 32.3 Å². The number of amides is 1. The van der Waals surface area contributed by atoms with E-state index in [1.807, 2.05) is 30.6 Å². The average Bonchev–Trinajstić information content (AvgIpc) is 3.04. The first kappa shape index (κ1) is 12.4. The summed E-state index contributed by atoms with van der Waals surface area (Å²) >= 11 is 1.66. The van der Waals surface area contributed by atoms with Crippen molar-refractivity contribution in [1.29, 1.82) is 0 Å². The Balaban J connectivity index is 1.76. The minimum Gasteiger partial charge on any atom is -0.325 e. The Labute approximate surface area is 116 Å². The summed E-state index contributed by atoms with van der Waals surface area (Å²) in [5.74, 6) is 0.167. The van der Waals surface area contributed by atoms with Crippen LogP contribution in [0.3, 0.4) is 0 Å². The number of benzene rings is 1. The number of rotatable bonds is 3. The minimum absolute atomic E-state index is 0.00691. The molecule has 1 aliphatic rings. The lowest BCUT2D eigenvalue weighted by Gasteiger charge is -2.17. The predicted octanol–water partition coefficient (Wildman–Crippen LogP) is 2.42. The molecule has 1 aromatic carbocycles. The highest BCUT2D eigenvalue weighted by Gasteiger charge is 2.37. The van der Waals surface area contributed by atoms with Crippen LogP contribution in [0, 0.1) is 0 Å². The Morgan fingerprint density at radius 2 is 2.05 bits per heavy atom. The molecule has 1 aromatic heterocycles. The van der Waals surface area contributed by atoms with Crippen molar-refractivity contribution in [3.63, 3.8) is 0 Å². The summed E-state index contributed by atoms with van der Waals surface area (Å²) in [5.41, 5.74) is 2.35. The van der Waals surface area contributed by atoms with E-state index in [0.29, 0.717) is 0 Å². The molecular weight excluding hydrogens is 256 g/mol. The van der Waals surface area contributed by atoms with Crippen LogP contribution >= 0.6 is 11.3 Å². The maximum absolute atomic E-state index is 12.3. The van der Waals surface area contributed by atoms with Gasteiger partial charge in [-0.1, -0.05) is 30.3 Å². The first-order chi connectivity index (χ1) is 9.25. The fraction of sp³-hybridized carbons (Fsp3) is 0.267. The third-order valence-electron chi connectivity index (χ3n) is 3.53. The van der Waals surface area contributed by atoms with Crippen LogP contribution in [0.25, 0.3) is 0 Å². The minimum atomic E-state index is -0.128. The van der Waals surface area contributed by atoms with Gasteiger partial charge in [-0.25, -0.2) is 0 Å². The Kier molecular flexibility index (Phi) is 3.36. The van der Waals surface area contributed by atoms with Crippen molar-refractivity contribution in [3.8, 4) is 0 Å². The summed E-state index contributed by atoms with van der Waals surface area (Å²) < 4.78 is 0. The van der Waals surface area contributed by atoms with E-state index in [1.165, 1.54) is 5.56 Å². The summed E-state index contributed by atoms with van der Waals surface area (Å²) in [5, 5.41) is 7.56. The van der Waals surface area contributed by atoms with Crippen LogP contribution in [0.15, 0.2) is 47.2 Å². The van der Waals surface area contributed by atoms with E-state index in [0.717, 1.165) is 12.0 Å². The molecule has 0 aliphatic carbocycles. The monoisotopic (exact) mass is 272 g/mol.